The Bertz CT molecular complexity index is 2830. The number of para-hydroxylation sites is 2. The van der Waals surface area contributed by atoms with E-state index in [1.165, 1.54) is 72.3 Å². The van der Waals surface area contributed by atoms with Crippen LogP contribution < -0.4 is 4.90 Å². The third kappa shape index (κ3) is 4.53. The topological polar surface area (TPSA) is 3.24 Å². The van der Waals surface area contributed by atoms with Crippen LogP contribution in [0, 0.1) is 0 Å². The van der Waals surface area contributed by atoms with Crippen molar-refractivity contribution < 1.29 is 0 Å². The van der Waals surface area contributed by atoms with E-state index >= 15 is 0 Å². The van der Waals surface area contributed by atoms with Crippen LogP contribution in [0.15, 0.2) is 236 Å². The summed E-state index contributed by atoms with van der Waals surface area (Å²) >= 11 is 0. The molecular formula is C57H41N. The molecule has 1 nitrogen and oxygen atoms in total. The molecule has 0 saturated heterocycles. The van der Waals surface area contributed by atoms with Gasteiger partial charge in [-0.1, -0.05) is 189 Å². The zero-order valence-electron chi connectivity index (χ0n) is 32.4. The fraction of sp³-hybridized carbons (Fsp3) is 0.0526. The molecule has 0 aromatic heterocycles. The lowest BCUT2D eigenvalue weighted by molar-refractivity contribution is 0.621. The number of hydrogen-bond acceptors (Lipinski definition) is 1. The third-order valence-electron chi connectivity index (χ3n) is 12.9. The third-order valence-corrected chi connectivity index (χ3v) is 12.9. The molecule has 58 heavy (non-hydrogen) atoms. The van der Waals surface area contributed by atoms with Gasteiger partial charge in [0.25, 0.3) is 0 Å². The summed E-state index contributed by atoms with van der Waals surface area (Å²) < 4.78 is 0. The molecule has 0 N–H and O–H groups in total. The molecule has 1 heteroatoms. The Morgan fingerprint density at radius 1 is 0.397 bits per heavy atom. The van der Waals surface area contributed by atoms with Gasteiger partial charge < -0.3 is 4.90 Å². The number of benzene rings is 8. The molecule has 8 aromatic rings. The minimum Gasteiger partial charge on any atom is -0.311 e. The van der Waals surface area contributed by atoms with Gasteiger partial charge in [-0.15, -0.1) is 0 Å². The molecule has 0 unspecified atom stereocenters. The predicted octanol–water partition coefficient (Wildman–Crippen LogP) is 14.5. The number of hydrogen-bond donors (Lipinski definition) is 0. The van der Waals surface area contributed by atoms with Gasteiger partial charge in [0.1, 0.15) is 0 Å². The van der Waals surface area contributed by atoms with Crippen molar-refractivity contribution in [1.82, 2.24) is 0 Å². The average molecular weight is 740 g/mol. The number of rotatable bonds is 5. The molecule has 2 spiro atoms. The molecule has 0 heterocycles. The van der Waals surface area contributed by atoms with Gasteiger partial charge in [-0.25, -0.2) is 0 Å². The molecule has 0 atom stereocenters. The van der Waals surface area contributed by atoms with Gasteiger partial charge in [0, 0.05) is 17.1 Å². The molecule has 8 aromatic carbocycles. The smallest absolute Gasteiger partial charge is 0.0720 e. The van der Waals surface area contributed by atoms with E-state index in [4.69, 9.17) is 6.58 Å². The van der Waals surface area contributed by atoms with Gasteiger partial charge >= 0.3 is 0 Å². The van der Waals surface area contributed by atoms with Crippen molar-refractivity contribution in [2.45, 2.75) is 17.8 Å². The van der Waals surface area contributed by atoms with Crippen LogP contribution in [0.1, 0.15) is 40.3 Å². The van der Waals surface area contributed by atoms with E-state index < -0.39 is 10.8 Å². The zero-order valence-corrected chi connectivity index (χ0v) is 32.4. The first-order valence-electron chi connectivity index (χ1n) is 20.3. The quantitative estimate of drug-likeness (QED) is 0.170. The summed E-state index contributed by atoms with van der Waals surface area (Å²) in [5, 5.41) is 0. The van der Waals surface area contributed by atoms with Crippen LogP contribution in [0.5, 0.6) is 0 Å². The van der Waals surface area contributed by atoms with E-state index in [0.717, 1.165) is 22.6 Å². The molecule has 11 rings (SSSR count). The van der Waals surface area contributed by atoms with Crippen LogP contribution in [0.3, 0.4) is 0 Å². The second-order valence-corrected chi connectivity index (χ2v) is 15.5. The van der Waals surface area contributed by atoms with Crippen molar-refractivity contribution in [2.75, 3.05) is 4.90 Å². The largest absolute Gasteiger partial charge is 0.311 e. The second-order valence-electron chi connectivity index (χ2n) is 15.5. The normalized spacial score (nSPS) is 15.6. The summed E-state index contributed by atoms with van der Waals surface area (Å²) in [6, 6.07) is 73.7. The van der Waals surface area contributed by atoms with Gasteiger partial charge in [-0.2, -0.15) is 0 Å². The Morgan fingerprint density at radius 3 is 1.28 bits per heavy atom. The van der Waals surface area contributed by atoms with Gasteiger partial charge in [-0.05, 0) is 121 Å². The Hall–Kier alpha value is -7.22. The summed E-state index contributed by atoms with van der Waals surface area (Å²) in [5.74, 6) is 0. The van der Waals surface area contributed by atoms with E-state index in [2.05, 4.69) is 230 Å². The molecule has 0 radical (unpaired) electrons. The van der Waals surface area contributed by atoms with Crippen molar-refractivity contribution in [3.05, 3.63) is 270 Å². The van der Waals surface area contributed by atoms with Gasteiger partial charge in [0.15, 0.2) is 0 Å². The highest BCUT2D eigenvalue weighted by atomic mass is 15.1. The summed E-state index contributed by atoms with van der Waals surface area (Å²) in [6.07, 6.45) is 6.72. The number of fused-ring (bicyclic) bond motifs is 13. The second kappa shape index (κ2) is 13.2. The molecule has 0 bridgehead atoms. The average Bonchev–Trinajstić information content (AvgIpc) is 3.75. The summed E-state index contributed by atoms with van der Waals surface area (Å²) in [7, 11) is 0. The Balaban J connectivity index is 1.25. The maximum atomic E-state index is 5.28. The van der Waals surface area contributed by atoms with Crippen LogP contribution >= 0.6 is 0 Å². The maximum absolute atomic E-state index is 5.28. The monoisotopic (exact) mass is 739 g/mol. The van der Waals surface area contributed by atoms with Crippen LogP contribution in [0.4, 0.5) is 17.1 Å². The van der Waals surface area contributed by atoms with E-state index in [-0.39, 0.29) is 0 Å². The minimum atomic E-state index is -0.650. The first-order valence-corrected chi connectivity index (χ1v) is 20.3. The van der Waals surface area contributed by atoms with Crippen molar-refractivity contribution >= 4 is 17.1 Å². The summed E-state index contributed by atoms with van der Waals surface area (Å²) in [6.45, 7) is 7.38. The van der Waals surface area contributed by atoms with Gasteiger partial charge in [0.2, 0.25) is 0 Å². The van der Waals surface area contributed by atoms with Crippen LogP contribution in [-0.2, 0) is 10.8 Å². The predicted molar refractivity (Wildman–Crippen MR) is 242 cm³/mol. The Labute approximate surface area is 341 Å². The van der Waals surface area contributed by atoms with Gasteiger partial charge in [-0.3, -0.25) is 0 Å². The van der Waals surface area contributed by atoms with E-state index in [1.54, 1.807) is 0 Å². The lowest BCUT2D eigenvalue weighted by Crippen LogP contribution is -2.45. The highest BCUT2D eigenvalue weighted by Crippen LogP contribution is 2.69. The van der Waals surface area contributed by atoms with Crippen molar-refractivity contribution in [2.24, 2.45) is 0 Å². The van der Waals surface area contributed by atoms with Crippen molar-refractivity contribution in [3.8, 4) is 33.4 Å². The minimum absolute atomic E-state index is 0.593. The van der Waals surface area contributed by atoms with Crippen LogP contribution in [0.25, 0.3) is 33.4 Å². The molecular weight excluding hydrogens is 699 g/mol. The fourth-order valence-electron chi connectivity index (χ4n) is 10.7. The van der Waals surface area contributed by atoms with E-state index in [1.807, 2.05) is 0 Å². The summed E-state index contributed by atoms with van der Waals surface area (Å²) in [5.41, 5.74) is 19.7. The highest BCUT2D eigenvalue weighted by molar-refractivity contribution is 5.97. The number of anilines is 3. The molecule has 0 fully saturated rings. The van der Waals surface area contributed by atoms with Crippen LogP contribution in [0.2, 0.25) is 0 Å². The zero-order chi connectivity index (χ0) is 38.8. The lowest BCUT2D eigenvalue weighted by atomic mass is 9.50. The first-order chi connectivity index (χ1) is 28.7. The molecule has 0 aliphatic heterocycles. The molecule has 0 saturated carbocycles. The van der Waals surface area contributed by atoms with Crippen molar-refractivity contribution in [1.29, 1.82) is 0 Å². The Morgan fingerprint density at radius 2 is 0.793 bits per heavy atom. The standard InChI is InChI=1S/C57H41N/c1-3-4-29-49-39(2)56(50-30-15-11-24-45(50)46-25-12-16-31-51(46)56)55-44(28-19-34-54(55)57(49)52-32-17-13-26-47(52)48-27-14-18-33-53(48)57)40-35-37-43(38-36-40)58(41-20-7-5-8-21-41)42-22-9-6-10-23-42/h3-38H,2H2,1H3/b4-3-,49-29+. The first kappa shape index (κ1) is 34.1. The van der Waals surface area contributed by atoms with E-state index in [9.17, 15) is 0 Å². The molecule has 0 amide bonds. The number of nitrogens with zero attached hydrogens (tertiary/aromatic N) is 1. The molecule has 274 valence electrons. The highest BCUT2D eigenvalue weighted by Gasteiger charge is 2.60. The fourth-order valence-corrected chi connectivity index (χ4v) is 10.7. The molecule has 3 aliphatic rings. The SMILES string of the molecule is C=C1/C(=C\C=C/C)C2(c3ccccc3-c3ccccc32)c2cccc(-c3ccc(N(c4ccccc4)c4ccccc4)cc3)c2C12c1ccccc1-c1ccccc12. The lowest BCUT2D eigenvalue weighted by Gasteiger charge is -2.51. The van der Waals surface area contributed by atoms with Gasteiger partial charge in [0.05, 0.1) is 10.8 Å². The van der Waals surface area contributed by atoms with Crippen LogP contribution in [-0.4, -0.2) is 0 Å². The maximum Gasteiger partial charge on any atom is 0.0720 e. The van der Waals surface area contributed by atoms with Crippen molar-refractivity contribution in [3.63, 3.8) is 0 Å². The molecule has 3 aliphatic carbocycles. The Kier molecular flexibility index (Phi) is 7.74. The summed E-state index contributed by atoms with van der Waals surface area (Å²) in [4.78, 5) is 2.33. The number of allylic oxidation sites excluding steroid dienone is 5. The van der Waals surface area contributed by atoms with E-state index in [0.29, 0.717) is 0 Å².